The highest BCUT2D eigenvalue weighted by Gasteiger charge is 2.30. The Kier molecular flexibility index (Phi) is 5.61. The van der Waals surface area contributed by atoms with Crippen molar-refractivity contribution in [1.29, 1.82) is 0 Å². The zero-order chi connectivity index (χ0) is 23.5. The Morgan fingerprint density at radius 1 is 0.706 bits per heavy atom. The first kappa shape index (κ1) is 21.5. The number of nitrogens with one attached hydrogen (secondary N) is 3. The molecule has 0 fully saturated rings. The van der Waals surface area contributed by atoms with Gasteiger partial charge in [-0.05, 0) is 48.0 Å². The number of hydrogen-bond donors (Lipinski definition) is 3. The van der Waals surface area contributed by atoms with Crippen molar-refractivity contribution in [2.24, 2.45) is 0 Å². The van der Waals surface area contributed by atoms with E-state index >= 15 is 0 Å². The smallest absolute Gasteiger partial charge is 0.261 e. The van der Waals surface area contributed by atoms with Crippen LogP contribution in [0.25, 0.3) is 11.3 Å². The van der Waals surface area contributed by atoms with Crippen LogP contribution in [-0.4, -0.2) is 14.3 Å². The van der Waals surface area contributed by atoms with Gasteiger partial charge in [0.05, 0.1) is 16.2 Å². The molecule has 5 rings (SSSR count). The van der Waals surface area contributed by atoms with Gasteiger partial charge < -0.3 is 10.6 Å². The van der Waals surface area contributed by atoms with Crippen molar-refractivity contribution in [1.82, 2.24) is 0 Å². The Morgan fingerprint density at radius 2 is 1.29 bits per heavy atom. The average Bonchev–Trinajstić information content (AvgIpc) is 3.19. The summed E-state index contributed by atoms with van der Waals surface area (Å²) < 4.78 is 28.7. The number of hydrogen-bond acceptors (Lipinski definition) is 4. The van der Waals surface area contributed by atoms with E-state index in [0.29, 0.717) is 28.2 Å². The average molecular weight is 468 g/mol. The van der Waals surface area contributed by atoms with Crippen LogP contribution in [-0.2, 0) is 14.8 Å². The van der Waals surface area contributed by atoms with E-state index in [9.17, 15) is 13.2 Å². The topological polar surface area (TPSA) is 87.3 Å². The summed E-state index contributed by atoms with van der Waals surface area (Å²) in [5.41, 5.74) is 4.12. The molecule has 168 valence electrons. The summed E-state index contributed by atoms with van der Waals surface area (Å²) in [4.78, 5) is 13.2. The number of benzene rings is 4. The summed E-state index contributed by atoms with van der Waals surface area (Å²) in [7, 11) is -3.86. The predicted octanol–water partition coefficient (Wildman–Crippen LogP) is 5.42. The molecule has 4 aromatic carbocycles. The molecule has 0 bridgehead atoms. The lowest BCUT2D eigenvalue weighted by molar-refractivity contribution is -0.110. The van der Waals surface area contributed by atoms with E-state index in [1.165, 1.54) is 12.1 Å². The molecular weight excluding hydrogens is 446 g/mol. The van der Waals surface area contributed by atoms with Gasteiger partial charge in [-0.3, -0.25) is 9.52 Å². The second-order valence-electron chi connectivity index (χ2n) is 7.74. The number of amides is 1. The number of rotatable bonds is 6. The lowest BCUT2D eigenvalue weighted by Crippen LogP contribution is -2.13. The van der Waals surface area contributed by atoms with Crippen molar-refractivity contribution in [3.05, 3.63) is 120 Å². The molecule has 1 amide bonds. The molecule has 7 heteroatoms. The Hall–Kier alpha value is -4.36. The fraction of sp³-hybridized carbons (Fsp3) is 0. The normalized spacial score (nSPS) is 14.2. The Bertz CT molecular complexity index is 1480. The summed E-state index contributed by atoms with van der Waals surface area (Å²) in [6.07, 6.45) is 0. The number of carbonyl (C=O) groups is 1. The van der Waals surface area contributed by atoms with Crippen LogP contribution in [0.2, 0.25) is 0 Å². The fourth-order valence-electron chi connectivity index (χ4n) is 3.83. The molecule has 0 atom stereocenters. The number of sulfonamides is 1. The minimum Gasteiger partial charge on any atom is -0.354 e. The molecule has 1 aliphatic rings. The van der Waals surface area contributed by atoms with Gasteiger partial charge >= 0.3 is 0 Å². The number of carbonyl (C=O) groups excluding carboxylic acids is 1. The van der Waals surface area contributed by atoms with Gasteiger partial charge in [-0.15, -0.1) is 0 Å². The van der Waals surface area contributed by atoms with E-state index in [1.807, 2.05) is 66.7 Å². The maximum atomic E-state index is 13.1. The Labute approximate surface area is 198 Å². The molecule has 0 saturated carbocycles. The summed E-state index contributed by atoms with van der Waals surface area (Å²) in [6, 6.07) is 32.3. The molecule has 6 nitrogen and oxygen atoms in total. The summed E-state index contributed by atoms with van der Waals surface area (Å²) in [5.74, 6) is -0.303. The van der Waals surface area contributed by atoms with Crippen LogP contribution in [0, 0.1) is 0 Å². The Balaban J connectivity index is 1.63. The molecule has 0 aliphatic carbocycles. The van der Waals surface area contributed by atoms with Crippen LogP contribution in [0.5, 0.6) is 0 Å². The van der Waals surface area contributed by atoms with E-state index in [2.05, 4.69) is 15.4 Å². The standard InChI is InChI=1S/C27H21N3O3S/c31-27-25(26(19-10-4-1-5-11-19)28-20-12-6-2-7-13-20)23-18-22(16-17-24(23)29-27)34(32,33)30-21-14-8-3-9-15-21/h1-18,28,30H,(H,29,31)/b26-25-. The molecule has 0 spiro atoms. The van der Waals surface area contributed by atoms with Crippen LogP contribution in [0.3, 0.4) is 0 Å². The minimum absolute atomic E-state index is 0.0659. The highest BCUT2D eigenvalue weighted by atomic mass is 32.2. The maximum absolute atomic E-state index is 13.1. The quantitative estimate of drug-likeness (QED) is 0.331. The molecule has 0 radical (unpaired) electrons. The van der Waals surface area contributed by atoms with Gasteiger partial charge in [-0.2, -0.15) is 0 Å². The summed E-state index contributed by atoms with van der Waals surface area (Å²) >= 11 is 0. The van der Waals surface area contributed by atoms with E-state index in [-0.39, 0.29) is 10.8 Å². The van der Waals surface area contributed by atoms with Gasteiger partial charge in [0.2, 0.25) is 0 Å². The molecule has 34 heavy (non-hydrogen) atoms. The van der Waals surface area contributed by atoms with Crippen LogP contribution in [0.1, 0.15) is 11.1 Å². The van der Waals surface area contributed by atoms with Crippen LogP contribution < -0.4 is 15.4 Å². The largest absolute Gasteiger partial charge is 0.354 e. The first-order chi connectivity index (χ1) is 16.5. The van der Waals surface area contributed by atoms with Gasteiger partial charge in [0.25, 0.3) is 15.9 Å². The van der Waals surface area contributed by atoms with Crippen molar-refractivity contribution in [3.63, 3.8) is 0 Å². The molecule has 0 saturated heterocycles. The van der Waals surface area contributed by atoms with Gasteiger partial charge in [0.15, 0.2) is 0 Å². The van der Waals surface area contributed by atoms with Crippen LogP contribution in [0.4, 0.5) is 17.1 Å². The number of anilines is 3. The molecular formula is C27H21N3O3S. The van der Waals surface area contributed by atoms with E-state index < -0.39 is 10.0 Å². The minimum atomic E-state index is -3.86. The van der Waals surface area contributed by atoms with Gasteiger partial charge in [0, 0.05) is 22.6 Å². The molecule has 3 N–H and O–H groups in total. The van der Waals surface area contributed by atoms with Crippen molar-refractivity contribution in [2.45, 2.75) is 4.90 Å². The van der Waals surface area contributed by atoms with Gasteiger partial charge in [0.1, 0.15) is 0 Å². The predicted molar refractivity (Wildman–Crippen MR) is 136 cm³/mol. The van der Waals surface area contributed by atoms with Gasteiger partial charge in [-0.25, -0.2) is 8.42 Å². The van der Waals surface area contributed by atoms with Crippen molar-refractivity contribution in [3.8, 4) is 0 Å². The molecule has 1 aliphatic heterocycles. The zero-order valence-corrected chi connectivity index (χ0v) is 18.8. The third-order valence-corrected chi connectivity index (χ3v) is 6.81. The second-order valence-corrected chi connectivity index (χ2v) is 9.42. The van der Waals surface area contributed by atoms with Crippen molar-refractivity contribution in [2.75, 3.05) is 15.4 Å². The highest BCUT2D eigenvalue weighted by molar-refractivity contribution is 7.92. The van der Waals surface area contributed by atoms with E-state index in [0.717, 1.165) is 11.3 Å². The van der Waals surface area contributed by atoms with Crippen molar-refractivity contribution >= 4 is 44.3 Å². The number of fused-ring (bicyclic) bond motifs is 1. The van der Waals surface area contributed by atoms with E-state index in [1.54, 1.807) is 30.3 Å². The molecule has 1 heterocycles. The Morgan fingerprint density at radius 3 is 1.94 bits per heavy atom. The van der Waals surface area contributed by atoms with Crippen LogP contribution in [0.15, 0.2) is 114 Å². The SMILES string of the molecule is O=C1Nc2ccc(S(=O)(=O)Nc3ccccc3)cc2/C1=C(/Nc1ccccc1)c1ccccc1. The van der Waals surface area contributed by atoms with Crippen LogP contribution >= 0.6 is 0 Å². The monoisotopic (exact) mass is 467 g/mol. The fourth-order valence-corrected chi connectivity index (χ4v) is 4.92. The van der Waals surface area contributed by atoms with E-state index in [4.69, 9.17) is 0 Å². The zero-order valence-electron chi connectivity index (χ0n) is 18.0. The third-order valence-electron chi connectivity index (χ3n) is 5.43. The lowest BCUT2D eigenvalue weighted by Gasteiger charge is -2.15. The molecule has 4 aromatic rings. The van der Waals surface area contributed by atoms with Crippen molar-refractivity contribution < 1.29 is 13.2 Å². The molecule has 0 aromatic heterocycles. The first-order valence-electron chi connectivity index (χ1n) is 10.7. The highest BCUT2D eigenvalue weighted by Crippen LogP contribution is 2.39. The van der Waals surface area contributed by atoms with Gasteiger partial charge in [-0.1, -0.05) is 66.7 Å². The maximum Gasteiger partial charge on any atom is 0.261 e. The summed E-state index contributed by atoms with van der Waals surface area (Å²) in [5, 5.41) is 6.22. The number of para-hydroxylation sites is 2. The second kappa shape index (κ2) is 8.88. The summed E-state index contributed by atoms with van der Waals surface area (Å²) in [6.45, 7) is 0. The molecule has 0 unspecified atom stereocenters. The first-order valence-corrected chi connectivity index (χ1v) is 12.1. The third kappa shape index (κ3) is 4.29. The lowest BCUT2D eigenvalue weighted by atomic mass is 10.00.